The summed E-state index contributed by atoms with van der Waals surface area (Å²) < 4.78 is 0. The summed E-state index contributed by atoms with van der Waals surface area (Å²) in [6, 6.07) is 0.768. The van der Waals surface area contributed by atoms with Crippen LogP contribution in [0, 0.1) is 0 Å². The maximum atomic E-state index is 4.41. The molecule has 1 saturated heterocycles. The van der Waals surface area contributed by atoms with E-state index in [4.69, 9.17) is 0 Å². The van der Waals surface area contributed by atoms with Gasteiger partial charge in [-0.1, -0.05) is 20.3 Å². The predicted octanol–water partition coefficient (Wildman–Crippen LogP) is -0.742. The van der Waals surface area contributed by atoms with Gasteiger partial charge in [-0.05, 0) is 32.0 Å². The molecule has 0 aromatic heterocycles. The largest absolute Gasteiger partial charge is 1.00 e. The average molecular weight is 208 g/mol. The zero-order chi connectivity index (χ0) is 8.81. The molecule has 0 N–H and O–H groups in total. The molecule has 0 aromatic rings. The first-order valence-electron chi connectivity index (χ1n) is 5.25. The molecule has 0 spiro atoms. The average Bonchev–Trinajstić information content (AvgIpc) is 2.56. The number of hydrogen-bond donors (Lipinski definition) is 0. The van der Waals surface area contributed by atoms with Crippen molar-refractivity contribution in [2.24, 2.45) is 0 Å². The van der Waals surface area contributed by atoms with Crippen LogP contribution in [0.4, 0.5) is 0 Å². The van der Waals surface area contributed by atoms with Gasteiger partial charge in [-0.2, -0.15) is 0 Å². The standard InChI is InChI=1S/C10H21N2.K/c1-3-7-12(8-4-2)10-5-6-11-9-10;/h10H,3-9H2,1-2H3;/q-1;+1. The van der Waals surface area contributed by atoms with Crippen molar-refractivity contribution in [1.82, 2.24) is 4.90 Å². The van der Waals surface area contributed by atoms with Gasteiger partial charge in [0.25, 0.3) is 0 Å². The second-order valence-corrected chi connectivity index (χ2v) is 3.61. The molecule has 1 rings (SSSR count). The smallest absolute Gasteiger partial charge is 0.661 e. The van der Waals surface area contributed by atoms with Crippen LogP contribution < -0.4 is 51.4 Å². The Labute approximate surface area is 125 Å². The van der Waals surface area contributed by atoms with E-state index in [-0.39, 0.29) is 51.4 Å². The summed E-state index contributed by atoms with van der Waals surface area (Å²) in [7, 11) is 0. The van der Waals surface area contributed by atoms with Crippen LogP contribution in [0.2, 0.25) is 0 Å². The minimum Gasteiger partial charge on any atom is -0.661 e. The summed E-state index contributed by atoms with van der Waals surface area (Å²) in [5, 5.41) is 4.41. The fourth-order valence-electron chi connectivity index (χ4n) is 1.92. The molecule has 1 aliphatic rings. The molecule has 1 unspecified atom stereocenters. The summed E-state index contributed by atoms with van der Waals surface area (Å²) >= 11 is 0. The molecule has 0 bridgehead atoms. The van der Waals surface area contributed by atoms with Gasteiger partial charge in [0, 0.05) is 0 Å². The maximum Gasteiger partial charge on any atom is 1.00 e. The number of rotatable bonds is 5. The van der Waals surface area contributed by atoms with Crippen molar-refractivity contribution in [3.05, 3.63) is 5.32 Å². The van der Waals surface area contributed by atoms with Crippen molar-refractivity contribution in [2.45, 2.75) is 39.2 Å². The second kappa shape index (κ2) is 8.83. The number of nitrogens with zero attached hydrogens (tertiary/aromatic N) is 2. The van der Waals surface area contributed by atoms with Gasteiger partial charge < -0.3 is 10.2 Å². The molecular weight excluding hydrogens is 187 g/mol. The Balaban J connectivity index is 0.00000144. The third-order valence-corrected chi connectivity index (χ3v) is 2.50. The SMILES string of the molecule is CCCN(CCC)C1CC[N-]C1.[K+]. The van der Waals surface area contributed by atoms with Crippen molar-refractivity contribution in [3.63, 3.8) is 0 Å². The number of hydrogen-bond acceptors (Lipinski definition) is 1. The van der Waals surface area contributed by atoms with E-state index >= 15 is 0 Å². The summed E-state index contributed by atoms with van der Waals surface area (Å²) in [4.78, 5) is 2.61. The van der Waals surface area contributed by atoms with Crippen LogP contribution in [-0.2, 0) is 0 Å². The van der Waals surface area contributed by atoms with Crippen LogP contribution in [0.25, 0.3) is 5.32 Å². The fourth-order valence-corrected chi connectivity index (χ4v) is 1.92. The van der Waals surface area contributed by atoms with E-state index in [9.17, 15) is 0 Å². The van der Waals surface area contributed by atoms with Gasteiger partial charge in [-0.3, -0.25) is 0 Å². The van der Waals surface area contributed by atoms with Gasteiger partial charge in [0.2, 0.25) is 0 Å². The van der Waals surface area contributed by atoms with E-state index in [0.717, 1.165) is 19.1 Å². The van der Waals surface area contributed by atoms with Gasteiger partial charge in [0.15, 0.2) is 0 Å². The van der Waals surface area contributed by atoms with Crippen LogP contribution in [0.3, 0.4) is 0 Å². The summed E-state index contributed by atoms with van der Waals surface area (Å²) in [5.41, 5.74) is 0. The predicted molar refractivity (Wildman–Crippen MR) is 53.7 cm³/mol. The zero-order valence-electron chi connectivity index (χ0n) is 9.42. The van der Waals surface area contributed by atoms with Crippen LogP contribution >= 0.6 is 0 Å². The first-order chi connectivity index (χ1) is 5.88. The van der Waals surface area contributed by atoms with Crippen molar-refractivity contribution < 1.29 is 51.4 Å². The van der Waals surface area contributed by atoms with E-state index in [0.29, 0.717) is 0 Å². The van der Waals surface area contributed by atoms with E-state index in [1.165, 1.54) is 32.4 Å². The fraction of sp³-hybridized carbons (Fsp3) is 1.00. The second-order valence-electron chi connectivity index (χ2n) is 3.61. The van der Waals surface area contributed by atoms with Gasteiger partial charge in [0.1, 0.15) is 0 Å². The first kappa shape index (κ1) is 14.6. The zero-order valence-corrected chi connectivity index (χ0v) is 12.5. The van der Waals surface area contributed by atoms with Gasteiger partial charge >= 0.3 is 51.4 Å². The Morgan fingerprint density at radius 2 is 1.85 bits per heavy atom. The Kier molecular flexibility index (Phi) is 9.89. The molecule has 0 radical (unpaired) electrons. The molecule has 0 aliphatic carbocycles. The topological polar surface area (TPSA) is 17.3 Å². The molecule has 2 nitrogen and oxygen atoms in total. The van der Waals surface area contributed by atoms with Crippen LogP contribution in [-0.4, -0.2) is 37.1 Å². The molecule has 0 amide bonds. The van der Waals surface area contributed by atoms with Crippen LogP contribution in [0.1, 0.15) is 33.1 Å². The molecule has 13 heavy (non-hydrogen) atoms. The molecule has 1 atom stereocenters. The third kappa shape index (κ3) is 5.26. The maximum absolute atomic E-state index is 4.41. The minimum absolute atomic E-state index is 0. The van der Waals surface area contributed by atoms with E-state index in [1.807, 2.05) is 0 Å². The molecular formula is C10H21KN2. The van der Waals surface area contributed by atoms with Crippen molar-refractivity contribution in [3.8, 4) is 0 Å². The molecule has 0 aromatic carbocycles. The molecule has 1 aliphatic heterocycles. The summed E-state index contributed by atoms with van der Waals surface area (Å²) in [6.45, 7) is 9.21. The van der Waals surface area contributed by atoms with Gasteiger partial charge in [-0.15, -0.1) is 13.1 Å². The van der Waals surface area contributed by atoms with Crippen LogP contribution in [0.15, 0.2) is 0 Å². The van der Waals surface area contributed by atoms with Crippen molar-refractivity contribution in [1.29, 1.82) is 0 Å². The monoisotopic (exact) mass is 208 g/mol. The third-order valence-electron chi connectivity index (χ3n) is 2.50. The molecule has 3 heteroatoms. The van der Waals surface area contributed by atoms with Crippen LogP contribution in [0.5, 0.6) is 0 Å². The normalized spacial score (nSPS) is 21.9. The molecule has 1 heterocycles. The minimum atomic E-state index is 0. The van der Waals surface area contributed by atoms with E-state index in [1.54, 1.807) is 0 Å². The molecule has 72 valence electrons. The Bertz CT molecular complexity index is 107. The Hall–Kier alpha value is 1.56. The Morgan fingerprint density at radius 1 is 1.23 bits per heavy atom. The van der Waals surface area contributed by atoms with E-state index in [2.05, 4.69) is 24.1 Å². The molecule has 1 fully saturated rings. The summed E-state index contributed by atoms with van der Waals surface area (Å²) in [6.07, 6.45) is 3.84. The van der Waals surface area contributed by atoms with E-state index < -0.39 is 0 Å². The van der Waals surface area contributed by atoms with Crippen molar-refractivity contribution >= 4 is 0 Å². The summed E-state index contributed by atoms with van der Waals surface area (Å²) in [5.74, 6) is 0. The van der Waals surface area contributed by atoms with Gasteiger partial charge in [0.05, 0.1) is 0 Å². The van der Waals surface area contributed by atoms with Gasteiger partial charge in [-0.25, -0.2) is 0 Å². The Morgan fingerprint density at radius 3 is 2.23 bits per heavy atom. The molecule has 0 saturated carbocycles. The quantitative estimate of drug-likeness (QED) is 0.544. The first-order valence-corrected chi connectivity index (χ1v) is 5.25. The van der Waals surface area contributed by atoms with Crippen molar-refractivity contribution in [2.75, 3.05) is 26.2 Å².